The van der Waals surface area contributed by atoms with Crippen LogP contribution in [-0.4, -0.2) is 17.1 Å². The minimum Gasteiger partial charge on any atom is -0.421 e. The van der Waals surface area contributed by atoms with Gasteiger partial charge in [-0.1, -0.05) is 91.0 Å². The Labute approximate surface area is 156 Å². The molecule has 3 aromatic carbocycles. The Bertz CT molecular complexity index is 902. The number of amides is 2. The number of hydrogen-bond acceptors (Lipinski definition) is 4. The Hall–Kier alpha value is -3.44. The number of rotatable bonds is 5. The summed E-state index contributed by atoms with van der Waals surface area (Å²) < 4.78 is 5.65. The molecule has 5 heteroatoms. The standard InChI is InChI=1S/C22H17NO4/c24-20-22(18-12-6-2-7-13-18,19-14-8-3-9-15-19)27-21(25)23(20)26-16-17-10-4-1-5-11-17/h1-15H,16H2. The molecule has 2 amide bonds. The molecule has 1 saturated heterocycles. The lowest BCUT2D eigenvalue weighted by atomic mass is 9.86. The highest BCUT2D eigenvalue weighted by Gasteiger charge is 2.57. The molecule has 3 aromatic rings. The maximum atomic E-state index is 13.3. The molecule has 0 radical (unpaired) electrons. The lowest BCUT2D eigenvalue weighted by Crippen LogP contribution is -2.39. The van der Waals surface area contributed by atoms with Crippen LogP contribution in [0.5, 0.6) is 0 Å². The summed E-state index contributed by atoms with van der Waals surface area (Å²) in [6, 6.07) is 27.2. The van der Waals surface area contributed by atoms with Gasteiger partial charge in [0.2, 0.25) is 5.60 Å². The average molecular weight is 359 g/mol. The second-order valence-corrected chi connectivity index (χ2v) is 6.14. The summed E-state index contributed by atoms with van der Waals surface area (Å²) in [5, 5.41) is 0.715. The van der Waals surface area contributed by atoms with Crippen LogP contribution in [0.25, 0.3) is 0 Å². The van der Waals surface area contributed by atoms with Gasteiger partial charge in [0.15, 0.2) is 0 Å². The average Bonchev–Trinajstić information content (AvgIpc) is 2.99. The second kappa shape index (κ2) is 7.05. The molecule has 4 rings (SSSR count). The van der Waals surface area contributed by atoms with Gasteiger partial charge in [-0.2, -0.15) is 0 Å². The lowest BCUT2D eigenvalue weighted by Gasteiger charge is -2.25. The van der Waals surface area contributed by atoms with Crippen molar-refractivity contribution in [2.24, 2.45) is 0 Å². The van der Waals surface area contributed by atoms with Crippen molar-refractivity contribution in [3.8, 4) is 0 Å². The Morgan fingerprint density at radius 2 is 1.22 bits per heavy atom. The van der Waals surface area contributed by atoms with E-state index >= 15 is 0 Å². The molecule has 27 heavy (non-hydrogen) atoms. The van der Waals surface area contributed by atoms with Gasteiger partial charge in [0.1, 0.15) is 6.61 Å². The van der Waals surface area contributed by atoms with Gasteiger partial charge in [-0.05, 0) is 5.56 Å². The highest BCUT2D eigenvalue weighted by atomic mass is 16.8. The van der Waals surface area contributed by atoms with E-state index in [2.05, 4.69) is 0 Å². The minimum atomic E-state index is -1.56. The van der Waals surface area contributed by atoms with Crippen molar-refractivity contribution >= 4 is 12.0 Å². The predicted octanol–water partition coefficient (Wildman–Crippen LogP) is 4.04. The number of ether oxygens (including phenoxy) is 1. The van der Waals surface area contributed by atoms with Gasteiger partial charge < -0.3 is 4.74 Å². The molecule has 0 aromatic heterocycles. The first-order valence-electron chi connectivity index (χ1n) is 8.57. The van der Waals surface area contributed by atoms with Crippen molar-refractivity contribution < 1.29 is 19.2 Å². The molecule has 0 unspecified atom stereocenters. The van der Waals surface area contributed by atoms with Crippen LogP contribution >= 0.6 is 0 Å². The first kappa shape index (κ1) is 17.0. The van der Waals surface area contributed by atoms with Crippen molar-refractivity contribution in [3.05, 3.63) is 108 Å². The summed E-state index contributed by atoms with van der Waals surface area (Å²) >= 11 is 0. The summed E-state index contributed by atoms with van der Waals surface area (Å²) in [4.78, 5) is 31.4. The maximum Gasteiger partial charge on any atom is 0.443 e. The van der Waals surface area contributed by atoms with E-state index in [0.717, 1.165) is 5.56 Å². The molecule has 0 atom stereocenters. The van der Waals surface area contributed by atoms with Crippen LogP contribution in [0.4, 0.5) is 4.79 Å². The molecule has 0 bridgehead atoms. The number of cyclic esters (lactones) is 1. The van der Waals surface area contributed by atoms with Gasteiger partial charge in [0, 0.05) is 11.1 Å². The Balaban J connectivity index is 1.71. The van der Waals surface area contributed by atoms with E-state index in [9.17, 15) is 9.59 Å². The van der Waals surface area contributed by atoms with Gasteiger partial charge in [-0.25, -0.2) is 4.79 Å². The van der Waals surface area contributed by atoms with Crippen LogP contribution in [0.1, 0.15) is 16.7 Å². The lowest BCUT2D eigenvalue weighted by molar-refractivity contribution is -0.169. The van der Waals surface area contributed by atoms with E-state index in [1.807, 2.05) is 42.5 Å². The van der Waals surface area contributed by atoms with Crippen molar-refractivity contribution in [2.45, 2.75) is 12.2 Å². The zero-order valence-corrected chi connectivity index (χ0v) is 14.4. The molecule has 0 N–H and O–H groups in total. The molecule has 0 saturated carbocycles. The number of hydrogen-bond donors (Lipinski definition) is 0. The fraction of sp³-hybridized carbons (Fsp3) is 0.0909. The van der Waals surface area contributed by atoms with E-state index in [0.29, 0.717) is 16.2 Å². The van der Waals surface area contributed by atoms with E-state index in [1.54, 1.807) is 48.5 Å². The summed E-state index contributed by atoms with van der Waals surface area (Å²) in [5.74, 6) is -0.569. The van der Waals surface area contributed by atoms with Crippen LogP contribution in [0, 0.1) is 0 Å². The highest BCUT2D eigenvalue weighted by Crippen LogP contribution is 2.40. The van der Waals surface area contributed by atoms with Crippen LogP contribution in [0.15, 0.2) is 91.0 Å². The van der Waals surface area contributed by atoms with Crippen LogP contribution in [0.3, 0.4) is 0 Å². The Morgan fingerprint density at radius 1 is 0.741 bits per heavy atom. The van der Waals surface area contributed by atoms with Gasteiger partial charge in [0.05, 0.1) is 0 Å². The summed E-state index contributed by atoms with van der Waals surface area (Å²) in [7, 11) is 0. The normalized spacial score (nSPS) is 15.6. The van der Waals surface area contributed by atoms with Crippen LogP contribution in [-0.2, 0) is 26.6 Å². The fourth-order valence-corrected chi connectivity index (χ4v) is 3.14. The summed E-state index contributed by atoms with van der Waals surface area (Å²) in [6.45, 7) is 0.0847. The van der Waals surface area contributed by atoms with E-state index in [-0.39, 0.29) is 6.61 Å². The molecular formula is C22H17NO4. The van der Waals surface area contributed by atoms with Crippen molar-refractivity contribution in [2.75, 3.05) is 0 Å². The smallest absolute Gasteiger partial charge is 0.421 e. The molecule has 0 aliphatic carbocycles. The zero-order chi connectivity index (χ0) is 18.7. The van der Waals surface area contributed by atoms with E-state index in [1.165, 1.54) is 0 Å². The summed E-state index contributed by atoms with van der Waals surface area (Å²) in [5.41, 5.74) is 0.423. The first-order valence-corrected chi connectivity index (χ1v) is 8.57. The van der Waals surface area contributed by atoms with Gasteiger partial charge in [-0.15, -0.1) is 5.06 Å². The van der Waals surface area contributed by atoms with Crippen molar-refractivity contribution in [1.29, 1.82) is 0 Å². The topological polar surface area (TPSA) is 55.8 Å². The molecule has 1 aliphatic rings. The zero-order valence-electron chi connectivity index (χ0n) is 14.4. The Kier molecular flexibility index (Phi) is 4.44. The molecule has 1 fully saturated rings. The quantitative estimate of drug-likeness (QED) is 0.690. The fourth-order valence-electron chi connectivity index (χ4n) is 3.14. The summed E-state index contributed by atoms with van der Waals surface area (Å²) in [6.07, 6.45) is -0.830. The second-order valence-electron chi connectivity index (χ2n) is 6.14. The molecule has 1 aliphatic heterocycles. The third kappa shape index (κ3) is 2.98. The number of hydroxylamine groups is 2. The number of carbonyl (C=O) groups excluding carboxylic acids is 2. The predicted molar refractivity (Wildman–Crippen MR) is 98.2 cm³/mol. The van der Waals surface area contributed by atoms with Crippen LogP contribution in [0.2, 0.25) is 0 Å². The molecular weight excluding hydrogens is 342 g/mol. The SMILES string of the molecule is O=C1OC(c2ccccc2)(c2ccccc2)C(=O)N1OCc1ccccc1. The number of carbonyl (C=O) groups is 2. The van der Waals surface area contributed by atoms with Gasteiger partial charge in [-0.3, -0.25) is 9.63 Å². The number of imide groups is 1. The Morgan fingerprint density at radius 3 is 1.74 bits per heavy atom. The minimum absolute atomic E-state index is 0.0847. The van der Waals surface area contributed by atoms with Gasteiger partial charge in [0.25, 0.3) is 0 Å². The first-order chi connectivity index (χ1) is 13.2. The third-order valence-corrected chi connectivity index (χ3v) is 4.46. The van der Waals surface area contributed by atoms with Crippen molar-refractivity contribution in [1.82, 2.24) is 5.06 Å². The molecule has 1 heterocycles. The third-order valence-electron chi connectivity index (χ3n) is 4.46. The van der Waals surface area contributed by atoms with Crippen molar-refractivity contribution in [3.63, 3.8) is 0 Å². The van der Waals surface area contributed by atoms with E-state index < -0.39 is 17.6 Å². The van der Waals surface area contributed by atoms with Gasteiger partial charge >= 0.3 is 12.0 Å². The largest absolute Gasteiger partial charge is 0.443 e. The van der Waals surface area contributed by atoms with Crippen LogP contribution < -0.4 is 0 Å². The van der Waals surface area contributed by atoms with E-state index in [4.69, 9.17) is 9.57 Å². The maximum absolute atomic E-state index is 13.3. The molecule has 134 valence electrons. The highest BCUT2D eigenvalue weighted by molar-refractivity contribution is 6.04. The monoisotopic (exact) mass is 359 g/mol. The molecule has 0 spiro atoms. The molecule has 5 nitrogen and oxygen atoms in total. The number of benzene rings is 3. The number of nitrogens with zero attached hydrogens (tertiary/aromatic N) is 1.